The molecule has 1 amide bonds. The number of anilines is 4. The minimum absolute atomic E-state index is 0. The lowest BCUT2D eigenvalue weighted by Crippen LogP contribution is -2.44. The number of rotatable bonds is 6. The maximum absolute atomic E-state index is 12.8. The van der Waals surface area contributed by atoms with Crippen molar-refractivity contribution in [2.24, 2.45) is 0 Å². The molecule has 2 fully saturated rings. The first-order valence-electron chi connectivity index (χ1n) is 16.5. The first-order valence-corrected chi connectivity index (χ1v) is 16.5. The van der Waals surface area contributed by atoms with Gasteiger partial charge in [0.05, 0.1) is 25.9 Å². The van der Waals surface area contributed by atoms with Crippen LogP contribution in [0.4, 0.5) is 54.1 Å². The molecule has 0 unspecified atom stereocenters. The van der Waals surface area contributed by atoms with Crippen molar-refractivity contribution in [1.29, 1.82) is 0 Å². The number of halogens is 7. The summed E-state index contributed by atoms with van der Waals surface area (Å²) in [6.45, 7) is 8.84. The molecular formula is C35H39ClF6N8O4. The number of hydrogen-bond donors (Lipinski definition) is 3. The Morgan fingerprint density at radius 2 is 1.24 bits per heavy atom. The molecule has 2 atom stereocenters. The Hall–Kier alpha value is -4.78. The Kier molecular flexibility index (Phi) is 14.0. The molecule has 2 aliphatic heterocycles. The molecule has 19 heteroatoms. The first-order chi connectivity index (χ1) is 25.0. The van der Waals surface area contributed by atoms with E-state index in [4.69, 9.17) is 14.2 Å². The molecule has 0 saturated carbocycles. The van der Waals surface area contributed by atoms with E-state index >= 15 is 0 Å². The summed E-state index contributed by atoms with van der Waals surface area (Å²) in [6.07, 6.45) is -8.00. The zero-order valence-electron chi connectivity index (χ0n) is 29.4. The number of hydrogen-bond acceptors (Lipinski definition) is 11. The van der Waals surface area contributed by atoms with Crippen LogP contribution in [0, 0.1) is 0 Å². The van der Waals surface area contributed by atoms with Gasteiger partial charge in [-0.2, -0.15) is 26.3 Å². The third-order valence-corrected chi connectivity index (χ3v) is 7.67. The first kappa shape index (κ1) is 42.0. The van der Waals surface area contributed by atoms with Gasteiger partial charge < -0.3 is 35.1 Å². The molecule has 0 aliphatic carbocycles. The van der Waals surface area contributed by atoms with Crippen molar-refractivity contribution in [3.05, 3.63) is 95.8 Å². The second kappa shape index (κ2) is 18.0. The highest BCUT2D eigenvalue weighted by Gasteiger charge is 2.34. The zero-order chi connectivity index (χ0) is 38.2. The molecule has 4 aromatic rings. The summed E-state index contributed by atoms with van der Waals surface area (Å²) in [6, 6.07) is 16.0. The molecule has 2 aliphatic rings. The quantitative estimate of drug-likeness (QED) is 0.165. The minimum atomic E-state index is -4.54. The van der Waals surface area contributed by atoms with Gasteiger partial charge in [-0.3, -0.25) is 0 Å². The van der Waals surface area contributed by atoms with Gasteiger partial charge in [0, 0.05) is 43.1 Å². The van der Waals surface area contributed by atoms with E-state index in [0.29, 0.717) is 37.7 Å². The summed E-state index contributed by atoms with van der Waals surface area (Å²) >= 11 is 0. The Labute approximate surface area is 313 Å². The summed E-state index contributed by atoms with van der Waals surface area (Å²) in [4.78, 5) is 28.0. The number of nitrogens with one attached hydrogen (secondary N) is 3. The molecular weight excluding hydrogens is 746 g/mol. The molecule has 292 valence electrons. The highest BCUT2D eigenvalue weighted by molar-refractivity contribution is 5.85. The average Bonchev–Trinajstić information content (AvgIpc) is 3.12. The predicted octanol–water partition coefficient (Wildman–Crippen LogP) is 7.87. The van der Waals surface area contributed by atoms with Gasteiger partial charge in [-0.05, 0) is 56.2 Å². The van der Waals surface area contributed by atoms with E-state index < -0.39 is 35.4 Å². The van der Waals surface area contributed by atoms with Gasteiger partial charge >= 0.3 is 18.4 Å². The smallest absolute Gasteiger partial charge is 0.433 e. The lowest BCUT2D eigenvalue weighted by Gasteiger charge is -2.34. The van der Waals surface area contributed by atoms with E-state index in [0.717, 1.165) is 49.0 Å². The summed E-state index contributed by atoms with van der Waals surface area (Å²) in [5.74, 6) is 0.130. The van der Waals surface area contributed by atoms with Crippen LogP contribution in [-0.2, 0) is 26.6 Å². The van der Waals surface area contributed by atoms with E-state index in [2.05, 4.69) is 35.9 Å². The van der Waals surface area contributed by atoms with E-state index in [1.165, 1.54) is 0 Å². The second-order valence-corrected chi connectivity index (χ2v) is 12.9. The van der Waals surface area contributed by atoms with Crippen LogP contribution in [0.1, 0.15) is 55.5 Å². The molecule has 12 nitrogen and oxygen atoms in total. The highest BCUT2D eigenvalue weighted by atomic mass is 35.5. The largest absolute Gasteiger partial charge is 0.444 e. The number of nitrogens with zero attached hydrogens (tertiary/aromatic N) is 5. The van der Waals surface area contributed by atoms with Crippen molar-refractivity contribution < 1.29 is 45.3 Å². The van der Waals surface area contributed by atoms with E-state index in [9.17, 15) is 31.1 Å². The van der Waals surface area contributed by atoms with Crippen LogP contribution in [0.5, 0.6) is 0 Å². The number of alkyl halides is 6. The van der Waals surface area contributed by atoms with Crippen molar-refractivity contribution in [3.63, 3.8) is 0 Å². The maximum atomic E-state index is 12.8. The molecule has 2 aromatic heterocycles. The summed E-state index contributed by atoms with van der Waals surface area (Å²) < 4.78 is 93.0. The van der Waals surface area contributed by atoms with E-state index in [1.807, 2.05) is 32.9 Å². The number of ether oxygens (including phenoxy) is 3. The van der Waals surface area contributed by atoms with Crippen LogP contribution in [0.3, 0.4) is 0 Å². The van der Waals surface area contributed by atoms with Gasteiger partial charge in [-0.1, -0.05) is 24.3 Å². The monoisotopic (exact) mass is 784 g/mol. The number of benzene rings is 2. The molecule has 54 heavy (non-hydrogen) atoms. The van der Waals surface area contributed by atoms with Gasteiger partial charge in [0.1, 0.15) is 47.4 Å². The molecule has 2 aromatic carbocycles. The molecule has 0 spiro atoms. The molecule has 2 saturated heterocycles. The predicted molar refractivity (Wildman–Crippen MR) is 189 cm³/mol. The van der Waals surface area contributed by atoms with Crippen LogP contribution >= 0.6 is 12.4 Å². The fourth-order valence-corrected chi connectivity index (χ4v) is 5.14. The Morgan fingerprint density at radius 3 is 1.69 bits per heavy atom. The van der Waals surface area contributed by atoms with E-state index in [-0.39, 0.29) is 36.3 Å². The van der Waals surface area contributed by atoms with Crippen molar-refractivity contribution in [1.82, 2.24) is 30.2 Å². The zero-order valence-corrected chi connectivity index (χ0v) is 30.2. The third kappa shape index (κ3) is 12.4. The number of carbonyl (C=O) groups is 1. The topological polar surface area (TPSA) is 136 Å². The lowest BCUT2D eigenvalue weighted by molar-refractivity contribution is -0.142. The standard InChI is InChI=1S/C20H23F3N4O3.C15H15F3N4O.ClH/c1-19(2,3)30-18(28)27-8-9-29-15(11-27)13-4-6-14(7-5-13)26-17-10-16(20(21,22)23)24-12-25-17;16-15(17,18)13-7-14(21-9-20-13)22-11-3-1-10(2-4-11)12-8-19-5-6-23-12;/h4-7,10,12,15H,8-9,11H2,1-3H3,(H,24,25,26);1-4,7,9,12,19H,5-6,8H2,(H,20,21,22);1H/t15-;12-;/m00./s1. The van der Waals surface area contributed by atoms with Gasteiger partial charge in [0.2, 0.25) is 0 Å². The summed E-state index contributed by atoms with van der Waals surface area (Å²) in [5.41, 5.74) is 0.483. The number of carbonyl (C=O) groups excluding carboxylic acids is 1. The maximum Gasteiger partial charge on any atom is 0.433 e. The van der Waals surface area contributed by atoms with Crippen LogP contribution in [0.15, 0.2) is 73.3 Å². The Bertz CT molecular complexity index is 1810. The van der Waals surface area contributed by atoms with Gasteiger partial charge in [0.25, 0.3) is 0 Å². The van der Waals surface area contributed by atoms with E-state index in [1.54, 1.807) is 41.3 Å². The molecule has 0 radical (unpaired) electrons. The summed E-state index contributed by atoms with van der Waals surface area (Å²) in [7, 11) is 0. The SMILES string of the molecule is CC(C)(C)OC(=O)N1CCO[C@H](c2ccc(Nc3cc(C(F)(F)F)ncn3)cc2)C1.Cl.FC(F)(F)c1cc(Nc2ccc([C@@H]3CNCCO3)cc2)ncn1. The fourth-order valence-electron chi connectivity index (χ4n) is 5.14. The summed E-state index contributed by atoms with van der Waals surface area (Å²) in [5, 5.41) is 8.91. The lowest BCUT2D eigenvalue weighted by atomic mass is 10.1. The van der Waals surface area contributed by atoms with Crippen molar-refractivity contribution in [3.8, 4) is 0 Å². The van der Waals surface area contributed by atoms with Crippen molar-refractivity contribution in [2.45, 2.75) is 50.9 Å². The van der Waals surface area contributed by atoms with Gasteiger partial charge in [0.15, 0.2) is 0 Å². The van der Waals surface area contributed by atoms with Crippen LogP contribution in [-0.4, -0.2) is 75.9 Å². The van der Waals surface area contributed by atoms with Gasteiger partial charge in [-0.15, -0.1) is 12.4 Å². The van der Waals surface area contributed by atoms with Crippen molar-refractivity contribution >= 4 is 41.5 Å². The van der Waals surface area contributed by atoms with Crippen LogP contribution < -0.4 is 16.0 Å². The Morgan fingerprint density at radius 1 is 0.759 bits per heavy atom. The number of amides is 1. The Balaban J connectivity index is 0.000000244. The third-order valence-electron chi connectivity index (χ3n) is 7.67. The molecule has 0 bridgehead atoms. The van der Waals surface area contributed by atoms with Crippen molar-refractivity contribution in [2.75, 3.05) is 50.0 Å². The molecule has 3 N–H and O–H groups in total. The highest BCUT2D eigenvalue weighted by Crippen LogP contribution is 2.31. The molecule has 4 heterocycles. The van der Waals surface area contributed by atoms with Crippen LogP contribution in [0.25, 0.3) is 0 Å². The minimum Gasteiger partial charge on any atom is -0.444 e. The average molecular weight is 785 g/mol. The van der Waals surface area contributed by atoms with Gasteiger partial charge in [-0.25, -0.2) is 24.7 Å². The normalized spacial score (nSPS) is 17.7. The molecule has 6 rings (SSSR count). The number of morpholine rings is 2. The second-order valence-electron chi connectivity index (χ2n) is 12.9. The van der Waals surface area contributed by atoms with Crippen LogP contribution in [0.2, 0.25) is 0 Å². The number of aromatic nitrogens is 4. The fraction of sp³-hybridized carbons (Fsp3) is 0.400.